The standard InChI is InChI=1S/C8H7ClFNO2/c1-13-8(12)11-7-4-5(9)2-3-6(7)10/h2-4H,1H3,(H,11,12). The van der Waals surface area contributed by atoms with Gasteiger partial charge >= 0.3 is 6.09 Å². The average Bonchev–Trinajstić information content (AvgIpc) is 2.11. The van der Waals surface area contributed by atoms with Crippen LogP contribution in [-0.4, -0.2) is 13.2 Å². The Morgan fingerprint density at radius 2 is 2.31 bits per heavy atom. The second-order valence-electron chi connectivity index (χ2n) is 2.24. The molecule has 0 aliphatic rings. The van der Waals surface area contributed by atoms with Gasteiger partial charge in [0.1, 0.15) is 5.82 Å². The third kappa shape index (κ3) is 2.59. The smallest absolute Gasteiger partial charge is 0.411 e. The molecule has 0 spiro atoms. The lowest BCUT2D eigenvalue weighted by atomic mass is 10.3. The Hall–Kier alpha value is -1.29. The maximum atomic E-state index is 12.9. The van der Waals surface area contributed by atoms with E-state index in [1.54, 1.807) is 0 Å². The van der Waals surface area contributed by atoms with E-state index in [4.69, 9.17) is 11.6 Å². The van der Waals surface area contributed by atoms with E-state index in [1.807, 2.05) is 0 Å². The zero-order chi connectivity index (χ0) is 9.84. The summed E-state index contributed by atoms with van der Waals surface area (Å²) in [5.74, 6) is -0.560. The molecule has 3 nitrogen and oxygen atoms in total. The van der Waals surface area contributed by atoms with Gasteiger partial charge in [-0.2, -0.15) is 0 Å². The molecule has 70 valence electrons. The third-order valence-corrected chi connectivity index (χ3v) is 1.59. The SMILES string of the molecule is COC(=O)Nc1cc(Cl)ccc1F. The van der Waals surface area contributed by atoms with Gasteiger partial charge in [0.25, 0.3) is 0 Å². The van der Waals surface area contributed by atoms with Crippen molar-refractivity contribution in [3.63, 3.8) is 0 Å². The Morgan fingerprint density at radius 1 is 1.62 bits per heavy atom. The molecule has 1 aromatic rings. The summed E-state index contributed by atoms with van der Waals surface area (Å²) < 4.78 is 17.2. The van der Waals surface area contributed by atoms with Gasteiger partial charge in [0.05, 0.1) is 12.8 Å². The van der Waals surface area contributed by atoms with Crippen molar-refractivity contribution >= 4 is 23.4 Å². The van der Waals surface area contributed by atoms with Gasteiger partial charge in [0, 0.05) is 5.02 Å². The minimum absolute atomic E-state index is 0.000602. The van der Waals surface area contributed by atoms with Crippen molar-refractivity contribution in [2.24, 2.45) is 0 Å². The van der Waals surface area contributed by atoms with E-state index in [1.165, 1.54) is 19.2 Å². The summed E-state index contributed by atoms with van der Waals surface area (Å²) in [6.07, 6.45) is -0.735. The van der Waals surface area contributed by atoms with Crippen molar-refractivity contribution in [3.8, 4) is 0 Å². The van der Waals surface area contributed by atoms with E-state index in [-0.39, 0.29) is 5.69 Å². The van der Waals surface area contributed by atoms with Crippen LogP contribution in [0.4, 0.5) is 14.9 Å². The maximum absolute atomic E-state index is 12.9. The molecule has 1 amide bonds. The van der Waals surface area contributed by atoms with Crippen LogP contribution in [0, 0.1) is 5.82 Å². The number of methoxy groups -OCH3 is 1. The lowest BCUT2D eigenvalue weighted by Gasteiger charge is -2.04. The molecule has 0 heterocycles. The molecular formula is C8H7ClFNO2. The fraction of sp³-hybridized carbons (Fsp3) is 0.125. The number of nitrogens with one attached hydrogen (secondary N) is 1. The Bertz CT molecular complexity index is 330. The highest BCUT2D eigenvalue weighted by Crippen LogP contribution is 2.19. The van der Waals surface area contributed by atoms with Crippen molar-refractivity contribution in [1.29, 1.82) is 0 Å². The number of anilines is 1. The fourth-order valence-corrected chi connectivity index (χ4v) is 0.926. The normalized spacial score (nSPS) is 9.46. The molecule has 1 rings (SSSR count). The number of hydrogen-bond acceptors (Lipinski definition) is 2. The van der Waals surface area contributed by atoms with Crippen LogP contribution in [-0.2, 0) is 4.74 Å². The molecule has 0 radical (unpaired) electrons. The molecule has 0 saturated carbocycles. The van der Waals surface area contributed by atoms with Crippen molar-refractivity contribution < 1.29 is 13.9 Å². The number of halogens is 2. The van der Waals surface area contributed by atoms with Gasteiger partial charge in [-0.3, -0.25) is 5.32 Å². The molecule has 1 N–H and O–H groups in total. The Kier molecular flexibility index (Phi) is 3.08. The topological polar surface area (TPSA) is 38.3 Å². The number of benzene rings is 1. The third-order valence-electron chi connectivity index (χ3n) is 1.35. The van der Waals surface area contributed by atoms with Gasteiger partial charge in [-0.05, 0) is 18.2 Å². The molecule has 0 aliphatic carbocycles. The Morgan fingerprint density at radius 3 is 2.92 bits per heavy atom. The lowest BCUT2D eigenvalue weighted by molar-refractivity contribution is 0.187. The van der Waals surface area contributed by atoms with Crippen molar-refractivity contribution in [1.82, 2.24) is 0 Å². The number of rotatable bonds is 1. The van der Waals surface area contributed by atoms with E-state index in [0.29, 0.717) is 5.02 Å². The fourth-order valence-electron chi connectivity index (χ4n) is 0.754. The van der Waals surface area contributed by atoms with E-state index in [0.717, 1.165) is 6.07 Å². The number of amides is 1. The summed E-state index contributed by atoms with van der Waals surface area (Å²) in [6.45, 7) is 0. The molecule has 0 bridgehead atoms. The largest absolute Gasteiger partial charge is 0.453 e. The molecule has 13 heavy (non-hydrogen) atoms. The molecule has 0 unspecified atom stereocenters. The highest BCUT2D eigenvalue weighted by Gasteiger charge is 2.06. The van der Waals surface area contributed by atoms with Crippen LogP contribution in [0.3, 0.4) is 0 Å². The van der Waals surface area contributed by atoms with Crippen molar-refractivity contribution in [3.05, 3.63) is 29.0 Å². The molecule has 5 heteroatoms. The molecule has 0 saturated heterocycles. The van der Waals surface area contributed by atoms with Gasteiger partial charge in [0.2, 0.25) is 0 Å². The van der Waals surface area contributed by atoms with E-state index < -0.39 is 11.9 Å². The predicted octanol–water partition coefficient (Wildman–Crippen LogP) is 2.66. The first-order valence-electron chi connectivity index (χ1n) is 3.43. The Labute approximate surface area is 79.5 Å². The first kappa shape index (κ1) is 9.80. The van der Waals surface area contributed by atoms with Crippen LogP contribution in [0.25, 0.3) is 0 Å². The monoisotopic (exact) mass is 203 g/mol. The van der Waals surface area contributed by atoms with Crippen molar-refractivity contribution in [2.75, 3.05) is 12.4 Å². The first-order valence-corrected chi connectivity index (χ1v) is 3.81. The van der Waals surface area contributed by atoms with Gasteiger partial charge in [-0.1, -0.05) is 11.6 Å². The van der Waals surface area contributed by atoms with E-state index >= 15 is 0 Å². The van der Waals surface area contributed by atoms with Crippen LogP contribution in [0.2, 0.25) is 5.02 Å². The van der Waals surface area contributed by atoms with Gasteiger partial charge in [0.15, 0.2) is 0 Å². The highest BCUT2D eigenvalue weighted by molar-refractivity contribution is 6.30. The van der Waals surface area contributed by atoms with Crippen LogP contribution >= 0.6 is 11.6 Å². The number of carbonyl (C=O) groups is 1. The van der Waals surface area contributed by atoms with Crippen LogP contribution in [0.5, 0.6) is 0 Å². The van der Waals surface area contributed by atoms with Crippen LogP contribution in [0.15, 0.2) is 18.2 Å². The van der Waals surface area contributed by atoms with E-state index in [9.17, 15) is 9.18 Å². The second-order valence-corrected chi connectivity index (χ2v) is 2.68. The number of carbonyl (C=O) groups excluding carboxylic acids is 1. The summed E-state index contributed by atoms with van der Waals surface area (Å²) in [5, 5.41) is 2.52. The maximum Gasteiger partial charge on any atom is 0.411 e. The van der Waals surface area contributed by atoms with Crippen LogP contribution in [0.1, 0.15) is 0 Å². The zero-order valence-corrected chi connectivity index (χ0v) is 7.56. The first-order chi connectivity index (χ1) is 6.13. The number of ether oxygens (including phenoxy) is 1. The Balaban J connectivity index is 2.87. The van der Waals surface area contributed by atoms with Gasteiger partial charge in [-0.25, -0.2) is 9.18 Å². The van der Waals surface area contributed by atoms with E-state index in [2.05, 4.69) is 10.1 Å². The average molecular weight is 204 g/mol. The predicted molar refractivity (Wildman–Crippen MR) is 47.4 cm³/mol. The molecule has 1 aromatic carbocycles. The zero-order valence-electron chi connectivity index (χ0n) is 6.80. The summed E-state index contributed by atoms with van der Waals surface area (Å²) in [4.78, 5) is 10.7. The summed E-state index contributed by atoms with van der Waals surface area (Å²) >= 11 is 5.58. The van der Waals surface area contributed by atoms with Gasteiger partial charge in [-0.15, -0.1) is 0 Å². The minimum Gasteiger partial charge on any atom is -0.453 e. The molecule has 0 atom stereocenters. The van der Waals surface area contributed by atoms with Crippen LogP contribution < -0.4 is 5.32 Å². The highest BCUT2D eigenvalue weighted by atomic mass is 35.5. The lowest BCUT2D eigenvalue weighted by Crippen LogP contribution is -2.11. The minimum atomic E-state index is -0.735. The second kappa shape index (κ2) is 4.09. The molecule has 0 aromatic heterocycles. The van der Waals surface area contributed by atoms with Crippen molar-refractivity contribution in [2.45, 2.75) is 0 Å². The van der Waals surface area contributed by atoms with Gasteiger partial charge < -0.3 is 4.74 Å². The molecular weight excluding hydrogens is 197 g/mol. The summed E-state index contributed by atoms with van der Waals surface area (Å²) in [5.41, 5.74) is -0.000602. The number of hydrogen-bond donors (Lipinski definition) is 1. The summed E-state index contributed by atoms with van der Waals surface area (Å²) in [7, 11) is 1.19. The quantitative estimate of drug-likeness (QED) is 0.762. The molecule has 0 fully saturated rings. The molecule has 0 aliphatic heterocycles. The summed E-state index contributed by atoms with van der Waals surface area (Å²) in [6, 6.07) is 3.85.